The largest absolute Gasteiger partial charge is 0.573 e. The SMILES string of the molecule is O=C(N[C@H]1CO[C@H]2[C@@H]1OC[C@@H]2O)c1cccc(OC(F)(F)F)c1. The second kappa shape index (κ2) is 5.99. The van der Waals surface area contributed by atoms with E-state index < -0.39 is 42.4 Å². The Hall–Kier alpha value is -1.84. The van der Waals surface area contributed by atoms with E-state index in [0.29, 0.717) is 0 Å². The second-order valence-electron chi connectivity index (χ2n) is 5.32. The van der Waals surface area contributed by atoms with Crippen molar-refractivity contribution in [1.29, 1.82) is 0 Å². The Morgan fingerprint density at radius 2 is 2.00 bits per heavy atom. The Bertz CT molecular complexity index is 594. The number of hydrogen-bond acceptors (Lipinski definition) is 5. The standard InChI is InChI=1S/C14H14F3NO5/c15-14(16,17)23-8-3-1-2-7(4-8)13(20)18-9-5-21-12-10(19)6-22-11(9)12/h1-4,9-12,19H,5-6H2,(H,18,20)/t9-,10-,11+,12+/m0/s1. The number of halogens is 3. The first-order valence-corrected chi connectivity index (χ1v) is 6.91. The number of hydrogen-bond donors (Lipinski definition) is 2. The summed E-state index contributed by atoms with van der Waals surface area (Å²) in [6.45, 7) is 0.285. The molecule has 1 aromatic rings. The highest BCUT2D eigenvalue weighted by atomic mass is 19.4. The van der Waals surface area contributed by atoms with Crippen LogP contribution in [0.15, 0.2) is 24.3 Å². The molecule has 3 rings (SSSR count). The van der Waals surface area contributed by atoms with Gasteiger partial charge in [0.2, 0.25) is 0 Å². The molecule has 2 saturated heterocycles. The maximum atomic E-state index is 12.2. The van der Waals surface area contributed by atoms with Gasteiger partial charge in [-0.3, -0.25) is 4.79 Å². The highest BCUT2D eigenvalue weighted by Gasteiger charge is 2.47. The molecule has 126 valence electrons. The number of nitrogens with one attached hydrogen (secondary N) is 1. The average molecular weight is 333 g/mol. The highest BCUT2D eigenvalue weighted by molar-refractivity contribution is 5.94. The van der Waals surface area contributed by atoms with Crippen molar-refractivity contribution in [3.8, 4) is 5.75 Å². The van der Waals surface area contributed by atoms with Gasteiger partial charge < -0.3 is 24.6 Å². The van der Waals surface area contributed by atoms with Crippen molar-refractivity contribution >= 4 is 5.91 Å². The predicted octanol–water partition coefficient (Wildman–Crippen LogP) is 0.842. The van der Waals surface area contributed by atoms with Crippen LogP contribution in [0.4, 0.5) is 13.2 Å². The van der Waals surface area contributed by atoms with E-state index in [1.807, 2.05) is 0 Å². The number of carbonyl (C=O) groups excluding carboxylic acids is 1. The van der Waals surface area contributed by atoms with Crippen molar-refractivity contribution < 1.29 is 37.3 Å². The summed E-state index contributed by atoms with van der Waals surface area (Å²) in [5.74, 6) is -1.05. The van der Waals surface area contributed by atoms with Crippen LogP contribution in [0, 0.1) is 0 Å². The molecular weight excluding hydrogens is 319 g/mol. The van der Waals surface area contributed by atoms with E-state index in [4.69, 9.17) is 9.47 Å². The molecule has 2 aliphatic heterocycles. The predicted molar refractivity (Wildman–Crippen MR) is 69.9 cm³/mol. The van der Waals surface area contributed by atoms with E-state index in [9.17, 15) is 23.1 Å². The third-order valence-electron chi connectivity index (χ3n) is 3.67. The normalized spacial score (nSPS) is 30.1. The molecule has 2 N–H and O–H groups in total. The molecule has 2 heterocycles. The number of rotatable bonds is 3. The lowest BCUT2D eigenvalue weighted by Crippen LogP contribution is -2.44. The zero-order valence-corrected chi connectivity index (χ0v) is 11.7. The molecule has 23 heavy (non-hydrogen) atoms. The van der Waals surface area contributed by atoms with Crippen molar-refractivity contribution in [3.05, 3.63) is 29.8 Å². The molecule has 6 nitrogen and oxygen atoms in total. The topological polar surface area (TPSA) is 77.0 Å². The van der Waals surface area contributed by atoms with Crippen LogP contribution in [0.25, 0.3) is 0 Å². The Labute approximate surface area is 129 Å². The fraction of sp³-hybridized carbons (Fsp3) is 0.500. The summed E-state index contributed by atoms with van der Waals surface area (Å²) in [6.07, 6.45) is -6.54. The third-order valence-corrected chi connectivity index (χ3v) is 3.67. The second-order valence-corrected chi connectivity index (χ2v) is 5.32. The van der Waals surface area contributed by atoms with Crippen LogP contribution in [0.3, 0.4) is 0 Å². The fourth-order valence-corrected chi connectivity index (χ4v) is 2.69. The molecule has 2 aliphatic rings. The van der Waals surface area contributed by atoms with E-state index in [-0.39, 0.29) is 18.8 Å². The molecule has 0 aromatic heterocycles. The minimum Gasteiger partial charge on any atom is -0.406 e. The molecule has 1 aromatic carbocycles. The molecule has 0 saturated carbocycles. The Kier molecular flexibility index (Phi) is 4.17. The fourth-order valence-electron chi connectivity index (χ4n) is 2.69. The van der Waals surface area contributed by atoms with Crippen LogP contribution in [0.1, 0.15) is 10.4 Å². The van der Waals surface area contributed by atoms with Crippen molar-refractivity contribution in [2.45, 2.75) is 30.7 Å². The lowest BCUT2D eigenvalue weighted by Gasteiger charge is -2.17. The quantitative estimate of drug-likeness (QED) is 0.857. The first-order valence-electron chi connectivity index (χ1n) is 6.91. The molecule has 0 bridgehead atoms. The molecular formula is C14H14F3NO5. The van der Waals surface area contributed by atoms with E-state index in [2.05, 4.69) is 10.1 Å². The van der Waals surface area contributed by atoms with E-state index in [1.54, 1.807) is 0 Å². The van der Waals surface area contributed by atoms with Gasteiger partial charge >= 0.3 is 6.36 Å². The molecule has 0 spiro atoms. The maximum absolute atomic E-state index is 12.2. The first kappa shape index (κ1) is 16.0. The van der Waals surface area contributed by atoms with Gasteiger partial charge in [0.25, 0.3) is 5.91 Å². The summed E-state index contributed by atoms with van der Waals surface area (Å²) in [7, 11) is 0. The van der Waals surface area contributed by atoms with Crippen molar-refractivity contribution in [2.75, 3.05) is 13.2 Å². The molecule has 4 atom stereocenters. The number of carbonyl (C=O) groups is 1. The lowest BCUT2D eigenvalue weighted by molar-refractivity contribution is -0.274. The summed E-state index contributed by atoms with van der Waals surface area (Å²) in [6, 6.07) is 4.29. The highest BCUT2D eigenvalue weighted by Crippen LogP contribution is 2.27. The van der Waals surface area contributed by atoms with E-state index >= 15 is 0 Å². The summed E-state index contributed by atoms with van der Waals surface area (Å²) >= 11 is 0. The van der Waals surface area contributed by atoms with Gasteiger partial charge in [0.05, 0.1) is 19.3 Å². The van der Waals surface area contributed by atoms with E-state index in [0.717, 1.165) is 12.1 Å². The number of aliphatic hydroxyl groups excluding tert-OH is 1. The van der Waals surface area contributed by atoms with Gasteiger partial charge in [-0.2, -0.15) is 0 Å². The van der Waals surface area contributed by atoms with Crippen molar-refractivity contribution in [3.63, 3.8) is 0 Å². The van der Waals surface area contributed by atoms with Crippen molar-refractivity contribution in [1.82, 2.24) is 5.32 Å². The van der Waals surface area contributed by atoms with Crippen LogP contribution in [0.5, 0.6) is 5.75 Å². The summed E-state index contributed by atoms with van der Waals surface area (Å²) < 4.78 is 51.1. The zero-order chi connectivity index (χ0) is 16.6. The zero-order valence-electron chi connectivity index (χ0n) is 11.7. The van der Waals surface area contributed by atoms with Crippen LogP contribution >= 0.6 is 0 Å². The Balaban J connectivity index is 1.66. The Morgan fingerprint density at radius 3 is 2.74 bits per heavy atom. The third kappa shape index (κ3) is 3.57. The molecule has 0 aliphatic carbocycles. The molecule has 0 unspecified atom stereocenters. The summed E-state index contributed by atoms with van der Waals surface area (Å²) in [5, 5.41) is 12.3. The minimum atomic E-state index is -4.82. The monoisotopic (exact) mass is 333 g/mol. The van der Waals surface area contributed by atoms with Gasteiger partial charge in [0, 0.05) is 5.56 Å². The minimum absolute atomic E-state index is 0.0220. The number of benzene rings is 1. The molecule has 0 radical (unpaired) electrons. The van der Waals surface area contributed by atoms with Gasteiger partial charge in [-0.15, -0.1) is 13.2 Å². The van der Waals surface area contributed by atoms with E-state index in [1.165, 1.54) is 12.1 Å². The summed E-state index contributed by atoms with van der Waals surface area (Å²) in [4.78, 5) is 12.2. The Morgan fingerprint density at radius 1 is 1.26 bits per heavy atom. The van der Waals surface area contributed by atoms with Crippen LogP contribution in [0.2, 0.25) is 0 Å². The number of amides is 1. The average Bonchev–Trinajstić information content (AvgIpc) is 3.02. The number of ether oxygens (including phenoxy) is 3. The lowest BCUT2D eigenvalue weighted by atomic mass is 10.1. The van der Waals surface area contributed by atoms with Gasteiger partial charge in [-0.05, 0) is 18.2 Å². The van der Waals surface area contributed by atoms with Gasteiger partial charge in [-0.1, -0.05) is 6.07 Å². The van der Waals surface area contributed by atoms with Gasteiger partial charge in [0.15, 0.2) is 0 Å². The van der Waals surface area contributed by atoms with Crippen molar-refractivity contribution in [2.24, 2.45) is 0 Å². The number of fused-ring (bicyclic) bond motifs is 1. The first-order chi connectivity index (χ1) is 10.8. The van der Waals surface area contributed by atoms with Crippen LogP contribution in [-0.2, 0) is 9.47 Å². The van der Waals surface area contributed by atoms with Crippen LogP contribution in [-0.4, -0.2) is 54.9 Å². The maximum Gasteiger partial charge on any atom is 0.573 e. The van der Waals surface area contributed by atoms with Gasteiger partial charge in [0.1, 0.15) is 24.1 Å². The molecule has 1 amide bonds. The van der Waals surface area contributed by atoms with Gasteiger partial charge in [-0.25, -0.2) is 0 Å². The number of aliphatic hydroxyl groups is 1. The summed E-state index contributed by atoms with van der Waals surface area (Å²) in [5.41, 5.74) is 0.0220. The smallest absolute Gasteiger partial charge is 0.406 e. The molecule has 9 heteroatoms. The van der Waals surface area contributed by atoms with Crippen LogP contribution < -0.4 is 10.1 Å². The molecule has 2 fully saturated rings. The number of alkyl halides is 3.